The molecule has 0 saturated heterocycles. The van der Waals surface area contributed by atoms with E-state index in [9.17, 15) is 9.59 Å². The molecule has 1 aromatic carbocycles. The summed E-state index contributed by atoms with van der Waals surface area (Å²) in [6.07, 6.45) is -0.322. The lowest BCUT2D eigenvalue weighted by molar-refractivity contribution is -0.120. The highest BCUT2D eigenvalue weighted by Gasteiger charge is 2.04. The molecular weight excluding hydrogens is 244 g/mol. The highest BCUT2D eigenvalue weighted by atomic mass is 35.5. The van der Waals surface area contributed by atoms with Crippen molar-refractivity contribution in [1.82, 2.24) is 10.9 Å². The first-order chi connectivity index (χ1) is 8.11. The quantitative estimate of drug-likeness (QED) is 0.695. The zero-order valence-corrected chi connectivity index (χ0v) is 9.41. The Labute approximate surface area is 103 Å². The maximum Gasteiger partial charge on any atom is 0.337 e. The van der Waals surface area contributed by atoms with Crippen LogP contribution < -0.4 is 16.2 Å². The molecule has 1 aromatic rings. The van der Waals surface area contributed by atoms with Crippen LogP contribution in [0.4, 0.5) is 10.5 Å². The smallest absolute Gasteiger partial charge is 0.307 e. The van der Waals surface area contributed by atoms with Crippen molar-refractivity contribution in [2.45, 2.75) is 6.42 Å². The molecule has 3 N–H and O–H groups in total. The van der Waals surface area contributed by atoms with E-state index < -0.39 is 11.9 Å². The van der Waals surface area contributed by atoms with Gasteiger partial charge in [0.25, 0.3) is 5.91 Å². The molecule has 17 heavy (non-hydrogen) atoms. The van der Waals surface area contributed by atoms with Gasteiger partial charge in [0.1, 0.15) is 6.42 Å². The van der Waals surface area contributed by atoms with Crippen molar-refractivity contribution in [3.05, 3.63) is 29.3 Å². The number of hydrogen-bond donors (Lipinski definition) is 3. The molecule has 0 aliphatic carbocycles. The van der Waals surface area contributed by atoms with Gasteiger partial charge < -0.3 is 5.32 Å². The van der Waals surface area contributed by atoms with E-state index in [4.69, 9.17) is 16.9 Å². The van der Waals surface area contributed by atoms with Gasteiger partial charge >= 0.3 is 6.03 Å². The molecule has 0 radical (unpaired) electrons. The first-order valence-corrected chi connectivity index (χ1v) is 4.98. The Kier molecular flexibility index (Phi) is 4.78. The van der Waals surface area contributed by atoms with Crippen LogP contribution in [0.5, 0.6) is 0 Å². The average Bonchev–Trinajstić information content (AvgIpc) is 2.27. The molecule has 0 spiro atoms. The number of benzene rings is 1. The van der Waals surface area contributed by atoms with Crippen LogP contribution >= 0.6 is 11.6 Å². The molecule has 0 aliphatic heterocycles. The molecule has 88 valence electrons. The average molecular weight is 253 g/mol. The van der Waals surface area contributed by atoms with Crippen LogP contribution in [0.2, 0.25) is 5.02 Å². The van der Waals surface area contributed by atoms with Gasteiger partial charge in [-0.05, 0) is 18.2 Å². The molecule has 0 bridgehead atoms. The molecule has 6 nitrogen and oxygen atoms in total. The third kappa shape index (κ3) is 4.86. The van der Waals surface area contributed by atoms with Gasteiger partial charge in [0.05, 0.1) is 6.07 Å². The Morgan fingerprint density at radius 1 is 1.35 bits per heavy atom. The minimum atomic E-state index is -0.626. The van der Waals surface area contributed by atoms with E-state index in [1.54, 1.807) is 30.3 Å². The zero-order valence-electron chi connectivity index (χ0n) is 8.66. The number of hydrazine groups is 1. The minimum absolute atomic E-state index is 0.322. The van der Waals surface area contributed by atoms with Crippen molar-refractivity contribution in [2.75, 3.05) is 5.32 Å². The molecule has 1 rings (SSSR count). The molecule has 0 unspecified atom stereocenters. The fourth-order valence-electron chi connectivity index (χ4n) is 0.971. The Balaban J connectivity index is 2.40. The van der Waals surface area contributed by atoms with Crippen LogP contribution in [0.25, 0.3) is 0 Å². The van der Waals surface area contributed by atoms with Gasteiger partial charge in [-0.25, -0.2) is 10.2 Å². The number of urea groups is 1. The van der Waals surface area contributed by atoms with Gasteiger partial charge in [0, 0.05) is 10.7 Å². The van der Waals surface area contributed by atoms with E-state index in [2.05, 4.69) is 16.2 Å². The fraction of sp³-hybridized carbons (Fsp3) is 0.100. The highest BCUT2D eigenvalue weighted by molar-refractivity contribution is 6.30. The highest BCUT2D eigenvalue weighted by Crippen LogP contribution is 2.14. The van der Waals surface area contributed by atoms with Crippen LogP contribution in [0.3, 0.4) is 0 Å². The van der Waals surface area contributed by atoms with Gasteiger partial charge in [-0.2, -0.15) is 5.26 Å². The van der Waals surface area contributed by atoms with E-state index in [0.29, 0.717) is 10.7 Å². The molecular formula is C10H9ClN4O2. The Morgan fingerprint density at radius 2 is 2.12 bits per heavy atom. The number of rotatable bonds is 2. The number of nitrogens with one attached hydrogen (secondary N) is 3. The van der Waals surface area contributed by atoms with Crippen molar-refractivity contribution >= 4 is 29.2 Å². The van der Waals surface area contributed by atoms with Crippen molar-refractivity contribution < 1.29 is 9.59 Å². The summed E-state index contributed by atoms with van der Waals surface area (Å²) in [6.45, 7) is 0. The van der Waals surface area contributed by atoms with Crippen LogP contribution in [-0.2, 0) is 4.79 Å². The Morgan fingerprint density at radius 3 is 2.76 bits per heavy atom. The van der Waals surface area contributed by atoms with E-state index in [-0.39, 0.29) is 6.42 Å². The first-order valence-electron chi connectivity index (χ1n) is 4.60. The van der Waals surface area contributed by atoms with Gasteiger partial charge in [-0.1, -0.05) is 17.7 Å². The molecule has 0 saturated carbocycles. The lowest BCUT2D eigenvalue weighted by atomic mass is 10.3. The van der Waals surface area contributed by atoms with Gasteiger partial charge in [-0.15, -0.1) is 0 Å². The summed E-state index contributed by atoms with van der Waals surface area (Å²) in [5.74, 6) is -0.589. The number of nitrogens with zero attached hydrogens (tertiary/aromatic N) is 1. The SMILES string of the molecule is N#CCC(=O)NNC(=O)Nc1cccc(Cl)c1. The monoisotopic (exact) mass is 252 g/mol. The summed E-state index contributed by atoms with van der Waals surface area (Å²) < 4.78 is 0. The van der Waals surface area contributed by atoms with Crippen molar-refractivity contribution in [1.29, 1.82) is 5.26 Å². The summed E-state index contributed by atoms with van der Waals surface area (Å²) in [5, 5.41) is 11.1. The first kappa shape index (κ1) is 12.8. The number of hydrogen-bond acceptors (Lipinski definition) is 3. The summed E-state index contributed by atoms with van der Waals surface area (Å²) in [4.78, 5) is 22.1. The second kappa shape index (κ2) is 6.35. The summed E-state index contributed by atoms with van der Waals surface area (Å²) in [7, 11) is 0. The second-order valence-corrected chi connectivity index (χ2v) is 3.41. The predicted molar refractivity (Wildman–Crippen MR) is 62.0 cm³/mol. The second-order valence-electron chi connectivity index (χ2n) is 2.97. The molecule has 3 amide bonds. The van der Waals surface area contributed by atoms with Gasteiger partial charge in [-0.3, -0.25) is 10.2 Å². The number of nitriles is 1. The molecule has 0 fully saturated rings. The summed E-state index contributed by atoms with van der Waals surface area (Å²) in [5.41, 5.74) is 4.64. The van der Waals surface area contributed by atoms with Crippen LogP contribution in [0.15, 0.2) is 24.3 Å². The minimum Gasteiger partial charge on any atom is -0.307 e. The van der Waals surface area contributed by atoms with Crippen LogP contribution in [0, 0.1) is 11.3 Å². The summed E-state index contributed by atoms with van der Waals surface area (Å²) in [6, 6.07) is 7.55. The van der Waals surface area contributed by atoms with E-state index in [1.165, 1.54) is 0 Å². The fourth-order valence-corrected chi connectivity index (χ4v) is 1.16. The van der Waals surface area contributed by atoms with Crippen molar-refractivity contribution in [2.24, 2.45) is 0 Å². The van der Waals surface area contributed by atoms with Crippen LogP contribution in [0.1, 0.15) is 6.42 Å². The largest absolute Gasteiger partial charge is 0.337 e. The number of anilines is 1. The third-order valence-electron chi connectivity index (χ3n) is 1.64. The Hall–Kier alpha value is -2.26. The van der Waals surface area contributed by atoms with E-state index >= 15 is 0 Å². The lowest BCUT2D eigenvalue weighted by Crippen LogP contribution is -2.43. The van der Waals surface area contributed by atoms with Gasteiger partial charge in [0.2, 0.25) is 0 Å². The number of amides is 3. The lowest BCUT2D eigenvalue weighted by Gasteiger charge is -2.07. The molecule has 0 atom stereocenters. The number of halogens is 1. The molecule has 0 aromatic heterocycles. The maximum absolute atomic E-state index is 11.3. The van der Waals surface area contributed by atoms with Crippen LogP contribution in [-0.4, -0.2) is 11.9 Å². The van der Waals surface area contributed by atoms with Gasteiger partial charge in [0.15, 0.2) is 0 Å². The van der Waals surface area contributed by atoms with E-state index in [0.717, 1.165) is 0 Å². The van der Waals surface area contributed by atoms with E-state index in [1.807, 2.05) is 0 Å². The standard InChI is InChI=1S/C10H9ClN4O2/c11-7-2-1-3-8(6-7)13-10(17)15-14-9(16)4-5-12/h1-3,6H,4H2,(H,14,16)(H2,13,15,17). The molecule has 0 aliphatic rings. The predicted octanol–water partition coefficient (Wildman–Crippen LogP) is 1.41. The topological polar surface area (TPSA) is 94.0 Å². The third-order valence-corrected chi connectivity index (χ3v) is 1.87. The maximum atomic E-state index is 11.3. The molecule has 0 heterocycles. The number of carbonyl (C=O) groups excluding carboxylic acids is 2. The Bertz CT molecular complexity index is 470. The van der Waals surface area contributed by atoms with Crippen molar-refractivity contribution in [3.8, 4) is 6.07 Å². The summed E-state index contributed by atoms with van der Waals surface area (Å²) >= 11 is 5.72. The molecule has 7 heteroatoms. The van der Waals surface area contributed by atoms with Crippen molar-refractivity contribution in [3.63, 3.8) is 0 Å². The normalized spacial score (nSPS) is 8.94. The number of carbonyl (C=O) groups is 2. The zero-order chi connectivity index (χ0) is 12.7.